The fourth-order valence-corrected chi connectivity index (χ4v) is 12.5. The summed E-state index contributed by atoms with van der Waals surface area (Å²) in [6.07, 6.45) is 3.14. The fourth-order valence-electron chi connectivity index (χ4n) is 5.24. The molecule has 263 valence electrons. The van der Waals surface area contributed by atoms with E-state index in [2.05, 4.69) is 156 Å². The summed E-state index contributed by atoms with van der Waals surface area (Å²) in [6.45, 7) is 27.9. The summed E-state index contributed by atoms with van der Waals surface area (Å²) in [4.78, 5) is 0. The topological polar surface area (TPSA) is 42.3 Å². The van der Waals surface area contributed by atoms with Crippen LogP contribution in [0.5, 0.6) is 0 Å². The van der Waals surface area contributed by atoms with Gasteiger partial charge in [0, 0.05) is 25.8 Å². The van der Waals surface area contributed by atoms with Crippen LogP contribution in [-0.4, -0.2) is 52.8 Å². The Labute approximate surface area is 323 Å². The largest absolute Gasteiger partial charge is 2.00 e. The Morgan fingerprint density at radius 1 is 0.362 bits per heavy atom. The van der Waals surface area contributed by atoms with Crippen molar-refractivity contribution in [1.82, 2.24) is 0 Å². The maximum atomic E-state index is 4.69. The third-order valence-corrected chi connectivity index (χ3v) is 18.5. The predicted octanol–water partition coefficient (Wildman–Crippen LogP) is 14.0. The SMILES string of the molecule is CC(C)[PH+](C[N-]c1ccccc1)C(C)C.CC(C)[PH+](C[N-]c1ccccc1)C(C)C.CC(C)[PH+](C[N-]c1ccccc1)C(C)C.[Ni+2].[Sc]. The molecular formula is C39H66N3NiP3Sc+2. The molecule has 0 saturated heterocycles. The molecule has 3 nitrogen and oxygen atoms in total. The predicted molar refractivity (Wildman–Crippen MR) is 219 cm³/mol. The van der Waals surface area contributed by atoms with E-state index in [0.29, 0.717) is 0 Å². The molecule has 0 aliphatic heterocycles. The first-order chi connectivity index (χ1) is 21.3. The maximum Gasteiger partial charge on any atom is 2.00 e. The van der Waals surface area contributed by atoms with Crippen molar-refractivity contribution in [2.24, 2.45) is 0 Å². The van der Waals surface area contributed by atoms with E-state index in [9.17, 15) is 0 Å². The molecule has 0 aliphatic carbocycles. The third-order valence-electron chi connectivity index (χ3n) is 8.05. The van der Waals surface area contributed by atoms with Crippen molar-refractivity contribution in [3.8, 4) is 0 Å². The van der Waals surface area contributed by atoms with Crippen LogP contribution in [-0.2, 0) is 42.3 Å². The summed E-state index contributed by atoms with van der Waals surface area (Å²) in [5, 5.41) is 14.1. The van der Waals surface area contributed by atoms with E-state index in [-0.39, 0.29) is 66.1 Å². The molecule has 3 aromatic carbocycles. The van der Waals surface area contributed by atoms with Crippen molar-refractivity contribution in [1.29, 1.82) is 0 Å². The van der Waals surface area contributed by atoms with Crippen molar-refractivity contribution in [2.75, 3.05) is 18.9 Å². The first-order valence-electron chi connectivity index (χ1n) is 17.1. The molecule has 0 heterocycles. The number of rotatable bonds is 15. The van der Waals surface area contributed by atoms with Crippen LogP contribution < -0.4 is 0 Å². The summed E-state index contributed by atoms with van der Waals surface area (Å²) in [7, 11) is -1.03. The normalized spacial score (nSPS) is 10.9. The molecule has 0 aliphatic rings. The van der Waals surface area contributed by atoms with E-state index in [0.717, 1.165) is 69.9 Å². The second kappa shape index (κ2) is 28.4. The number of hydrogen-bond acceptors (Lipinski definition) is 0. The van der Waals surface area contributed by atoms with Gasteiger partial charge in [0.05, 0.1) is 34.0 Å². The molecule has 47 heavy (non-hydrogen) atoms. The van der Waals surface area contributed by atoms with E-state index in [1.165, 1.54) is 0 Å². The van der Waals surface area contributed by atoms with Crippen LogP contribution in [0, 0.1) is 0 Å². The van der Waals surface area contributed by atoms with Gasteiger partial charge in [0.15, 0.2) is 0 Å². The number of benzene rings is 3. The van der Waals surface area contributed by atoms with Gasteiger partial charge in [-0.3, -0.25) is 0 Å². The van der Waals surface area contributed by atoms with Gasteiger partial charge in [-0.1, -0.05) is 91.0 Å². The molecule has 0 aromatic heterocycles. The monoisotopic (exact) mass is 772 g/mol. The minimum absolute atomic E-state index is 0. The van der Waals surface area contributed by atoms with Gasteiger partial charge in [0.25, 0.3) is 0 Å². The Kier molecular flexibility index (Phi) is 29.5. The molecule has 3 rings (SSSR count). The standard InChI is InChI=1S/3C13H21NP.Ni.Sc/c3*1-11(2)15(12(3)4)10-14-13-8-6-5-7-9-13;;/h3*5-9,11-12H,10H2,1-4H3;;/q3*-1;+2;/p+3. The van der Waals surface area contributed by atoms with Crippen molar-refractivity contribution in [2.45, 2.75) is 117 Å². The molecule has 1 radical (unpaired) electrons. The summed E-state index contributed by atoms with van der Waals surface area (Å²) < 4.78 is 0. The van der Waals surface area contributed by atoms with Gasteiger partial charge in [-0.25, -0.2) is 0 Å². The van der Waals surface area contributed by atoms with Crippen LogP contribution in [0.15, 0.2) is 91.0 Å². The molecule has 0 saturated carbocycles. The van der Waals surface area contributed by atoms with Crippen LogP contribution in [0.25, 0.3) is 16.0 Å². The van der Waals surface area contributed by atoms with Crippen LogP contribution >= 0.6 is 23.8 Å². The number of hydrogen-bond donors (Lipinski definition) is 0. The van der Waals surface area contributed by atoms with Crippen LogP contribution in [0.3, 0.4) is 0 Å². The summed E-state index contributed by atoms with van der Waals surface area (Å²) >= 11 is 0. The number of para-hydroxylation sites is 3. The van der Waals surface area contributed by atoms with Gasteiger partial charge in [0.2, 0.25) is 0 Å². The molecule has 3 aromatic rings. The Balaban J connectivity index is 0. The van der Waals surface area contributed by atoms with Crippen LogP contribution in [0.4, 0.5) is 17.1 Å². The van der Waals surface area contributed by atoms with E-state index in [4.69, 9.17) is 16.0 Å². The van der Waals surface area contributed by atoms with E-state index >= 15 is 0 Å². The van der Waals surface area contributed by atoms with Gasteiger partial charge in [-0.05, 0) is 126 Å². The van der Waals surface area contributed by atoms with Gasteiger partial charge in [-0.15, -0.1) is 17.1 Å². The molecule has 0 N–H and O–H groups in total. The second-order valence-electron chi connectivity index (χ2n) is 13.6. The van der Waals surface area contributed by atoms with Crippen molar-refractivity contribution in [3.05, 3.63) is 107 Å². The molecule has 0 spiro atoms. The average molecular weight is 774 g/mol. The Bertz CT molecular complexity index is 939. The van der Waals surface area contributed by atoms with Crippen molar-refractivity contribution >= 4 is 40.8 Å². The van der Waals surface area contributed by atoms with E-state index < -0.39 is 0 Å². The fraction of sp³-hybridized carbons (Fsp3) is 0.538. The van der Waals surface area contributed by atoms with Crippen molar-refractivity contribution < 1.29 is 42.3 Å². The van der Waals surface area contributed by atoms with Crippen LogP contribution in [0.2, 0.25) is 0 Å². The molecule has 0 unspecified atom stereocenters. The molecule has 0 bridgehead atoms. The minimum Gasteiger partial charge on any atom is -0.652 e. The van der Waals surface area contributed by atoms with Gasteiger partial charge in [-0.2, -0.15) is 0 Å². The first kappa shape index (κ1) is 48.8. The summed E-state index contributed by atoms with van der Waals surface area (Å²) in [5.74, 6) is 0. The molecule has 0 amide bonds. The maximum absolute atomic E-state index is 4.69. The van der Waals surface area contributed by atoms with Crippen molar-refractivity contribution in [3.63, 3.8) is 0 Å². The smallest absolute Gasteiger partial charge is 0.652 e. The molecule has 0 fully saturated rings. The minimum atomic E-state index is -0.343. The van der Waals surface area contributed by atoms with Gasteiger partial charge >= 0.3 is 16.5 Å². The quantitative estimate of drug-likeness (QED) is 0.109. The zero-order valence-corrected chi connectivity index (χ0v) is 37.3. The third kappa shape index (κ3) is 22.2. The molecule has 8 heteroatoms. The Hall–Kier alpha value is -0.286. The Morgan fingerprint density at radius 3 is 0.681 bits per heavy atom. The number of nitrogens with zero attached hydrogens (tertiary/aromatic N) is 3. The zero-order valence-electron chi connectivity index (χ0n) is 31.5. The van der Waals surface area contributed by atoms with E-state index in [1.54, 1.807) is 0 Å². The molecular weight excluding hydrogens is 707 g/mol. The zero-order chi connectivity index (χ0) is 33.8. The van der Waals surface area contributed by atoms with E-state index in [1.807, 2.05) is 18.2 Å². The van der Waals surface area contributed by atoms with Gasteiger partial charge < -0.3 is 16.0 Å². The summed E-state index contributed by atoms with van der Waals surface area (Å²) in [6, 6.07) is 30.9. The average Bonchev–Trinajstić information content (AvgIpc) is 2.99. The van der Waals surface area contributed by atoms with Crippen LogP contribution in [0.1, 0.15) is 83.1 Å². The first-order valence-corrected chi connectivity index (χ1v) is 22.7. The molecule has 0 atom stereocenters. The Morgan fingerprint density at radius 2 is 0.532 bits per heavy atom. The summed E-state index contributed by atoms with van der Waals surface area (Å²) in [5.41, 5.74) is 8.23. The second-order valence-corrected chi connectivity index (χ2v) is 24.9. The van der Waals surface area contributed by atoms with Gasteiger partial charge in [0.1, 0.15) is 0 Å².